The SMILES string of the molecule is C[C@@H]1Cc2c([nH]c3ccccc23)[C@@H](c2c(F)cc(O[C@H]3CCN(C(=O)OC(C)(C)C)C3)cc2F)N1CC(C)(C)F. The molecule has 6 nitrogen and oxygen atoms in total. The van der Waals surface area contributed by atoms with Gasteiger partial charge in [0.05, 0.1) is 12.6 Å². The van der Waals surface area contributed by atoms with Gasteiger partial charge in [-0.1, -0.05) is 18.2 Å². The number of fused-ring (bicyclic) bond motifs is 3. The van der Waals surface area contributed by atoms with Crippen molar-refractivity contribution in [2.24, 2.45) is 0 Å². The second-order valence-corrected chi connectivity index (χ2v) is 12.7. The van der Waals surface area contributed by atoms with E-state index in [1.54, 1.807) is 20.8 Å². The van der Waals surface area contributed by atoms with E-state index >= 15 is 8.78 Å². The standard InChI is InChI=1S/C31H38F3N3O3/c1-18-13-22-21-9-7-8-10-25(21)35-27(22)28(37(18)17-31(5,6)34)26-23(32)14-20(15-24(26)33)39-19-11-12-36(16-19)29(38)40-30(2,3)4/h7-10,14-15,18-19,28,35H,11-13,16-17H2,1-6H3/t18-,19+,28-/m1/s1. The number of para-hydroxylation sites is 1. The Bertz CT molecular complexity index is 1390. The van der Waals surface area contributed by atoms with Crippen LogP contribution in [0.5, 0.6) is 5.75 Å². The molecule has 0 radical (unpaired) electrons. The van der Waals surface area contributed by atoms with Crippen LogP contribution in [0.3, 0.4) is 0 Å². The highest BCUT2D eigenvalue weighted by Gasteiger charge is 2.41. The molecule has 2 aromatic carbocycles. The highest BCUT2D eigenvalue weighted by atomic mass is 19.1. The number of hydrogen-bond acceptors (Lipinski definition) is 4. The van der Waals surface area contributed by atoms with Gasteiger partial charge in [-0.2, -0.15) is 0 Å². The Labute approximate surface area is 233 Å². The molecular weight excluding hydrogens is 519 g/mol. The molecular formula is C31H38F3N3O3. The molecule has 3 heterocycles. The van der Waals surface area contributed by atoms with Gasteiger partial charge in [0.1, 0.15) is 34.8 Å². The number of aromatic nitrogens is 1. The number of amides is 1. The molecule has 0 saturated carbocycles. The maximum atomic E-state index is 15.9. The number of H-pyrrole nitrogens is 1. The fraction of sp³-hybridized carbons (Fsp3) is 0.516. The predicted octanol–water partition coefficient (Wildman–Crippen LogP) is 6.92. The van der Waals surface area contributed by atoms with Crippen molar-refractivity contribution in [1.82, 2.24) is 14.8 Å². The lowest BCUT2D eigenvalue weighted by atomic mass is 9.87. The molecule has 0 aliphatic carbocycles. The molecule has 1 amide bonds. The first-order valence-electron chi connectivity index (χ1n) is 13.9. The summed E-state index contributed by atoms with van der Waals surface area (Å²) < 4.78 is 58.1. The van der Waals surface area contributed by atoms with E-state index in [0.29, 0.717) is 25.1 Å². The summed E-state index contributed by atoms with van der Waals surface area (Å²) in [5.41, 5.74) is 0.215. The topological polar surface area (TPSA) is 57.8 Å². The van der Waals surface area contributed by atoms with E-state index in [1.807, 2.05) is 36.1 Å². The number of carbonyl (C=O) groups is 1. The molecule has 1 N–H and O–H groups in total. The van der Waals surface area contributed by atoms with E-state index < -0.39 is 41.1 Å². The molecule has 0 bridgehead atoms. The van der Waals surface area contributed by atoms with Gasteiger partial charge >= 0.3 is 6.09 Å². The number of rotatable bonds is 5. The van der Waals surface area contributed by atoms with E-state index in [4.69, 9.17) is 9.47 Å². The molecule has 2 aliphatic heterocycles. The monoisotopic (exact) mass is 557 g/mol. The molecule has 3 atom stereocenters. The van der Waals surface area contributed by atoms with E-state index in [9.17, 15) is 9.18 Å². The fourth-order valence-corrected chi connectivity index (χ4v) is 5.90. The van der Waals surface area contributed by atoms with Crippen molar-refractivity contribution in [1.29, 1.82) is 0 Å². The number of halogens is 3. The lowest BCUT2D eigenvalue weighted by Gasteiger charge is -2.43. The second-order valence-electron chi connectivity index (χ2n) is 12.7. The van der Waals surface area contributed by atoms with Crippen LogP contribution in [0.1, 0.15) is 70.8 Å². The summed E-state index contributed by atoms with van der Waals surface area (Å²) in [6.45, 7) is 11.0. The van der Waals surface area contributed by atoms with Crippen LogP contribution < -0.4 is 4.74 Å². The normalized spacial score (nSPS) is 22.0. The van der Waals surface area contributed by atoms with Crippen LogP contribution >= 0.6 is 0 Å². The lowest BCUT2D eigenvalue weighted by Crippen LogP contribution is -2.48. The van der Waals surface area contributed by atoms with Crippen molar-refractivity contribution in [3.8, 4) is 5.75 Å². The Kier molecular flexibility index (Phi) is 7.31. The molecule has 1 aromatic heterocycles. The van der Waals surface area contributed by atoms with Crippen LogP contribution in [0.2, 0.25) is 0 Å². The van der Waals surface area contributed by atoms with E-state index in [1.165, 1.54) is 30.9 Å². The van der Waals surface area contributed by atoms with Gasteiger partial charge in [-0.05, 0) is 59.6 Å². The number of hydrogen-bond donors (Lipinski definition) is 1. The number of ether oxygens (including phenoxy) is 2. The number of alkyl halides is 1. The van der Waals surface area contributed by atoms with Crippen LogP contribution in [-0.2, 0) is 11.2 Å². The molecule has 9 heteroatoms. The highest BCUT2D eigenvalue weighted by molar-refractivity contribution is 5.85. The van der Waals surface area contributed by atoms with Crippen LogP contribution in [0.4, 0.5) is 18.0 Å². The molecule has 3 aromatic rings. The number of carbonyl (C=O) groups excluding carboxylic acids is 1. The maximum absolute atomic E-state index is 15.9. The van der Waals surface area contributed by atoms with E-state index in [2.05, 4.69) is 4.98 Å². The summed E-state index contributed by atoms with van der Waals surface area (Å²) in [5.74, 6) is -1.47. The molecule has 216 valence electrons. The summed E-state index contributed by atoms with van der Waals surface area (Å²) in [6, 6.07) is 9.16. The molecule has 5 rings (SSSR count). The average Bonchev–Trinajstić information content (AvgIpc) is 3.43. The van der Waals surface area contributed by atoms with Gasteiger partial charge in [0.15, 0.2) is 0 Å². The van der Waals surface area contributed by atoms with Gasteiger partial charge in [0.2, 0.25) is 0 Å². The summed E-state index contributed by atoms with van der Waals surface area (Å²) in [6.07, 6.45) is 0.285. The third kappa shape index (κ3) is 5.80. The summed E-state index contributed by atoms with van der Waals surface area (Å²) >= 11 is 0. The van der Waals surface area contributed by atoms with Crippen molar-refractivity contribution in [2.45, 2.75) is 83.8 Å². The minimum absolute atomic E-state index is 0.00729. The lowest BCUT2D eigenvalue weighted by molar-refractivity contribution is 0.0275. The zero-order valence-electron chi connectivity index (χ0n) is 24.0. The Hall–Kier alpha value is -3.20. The molecule has 0 unspecified atom stereocenters. The molecule has 2 aliphatic rings. The average molecular weight is 558 g/mol. The fourth-order valence-electron chi connectivity index (χ4n) is 5.90. The summed E-state index contributed by atoms with van der Waals surface area (Å²) in [4.78, 5) is 19.2. The minimum Gasteiger partial charge on any atom is -0.488 e. The van der Waals surface area contributed by atoms with E-state index in [-0.39, 0.29) is 30.4 Å². The Morgan fingerprint density at radius 1 is 1.10 bits per heavy atom. The summed E-state index contributed by atoms with van der Waals surface area (Å²) in [7, 11) is 0. The number of benzene rings is 2. The zero-order chi connectivity index (χ0) is 29.0. The van der Waals surface area contributed by atoms with E-state index in [0.717, 1.165) is 16.5 Å². The van der Waals surface area contributed by atoms with Crippen molar-refractivity contribution in [3.05, 3.63) is 64.9 Å². The minimum atomic E-state index is -1.57. The van der Waals surface area contributed by atoms with Gasteiger partial charge in [-0.15, -0.1) is 0 Å². The van der Waals surface area contributed by atoms with Crippen molar-refractivity contribution < 1.29 is 27.4 Å². The largest absolute Gasteiger partial charge is 0.488 e. The van der Waals surface area contributed by atoms with Crippen LogP contribution in [0.15, 0.2) is 36.4 Å². The Balaban J connectivity index is 1.46. The maximum Gasteiger partial charge on any atom is 0.410 e. The Morgan fingerprint density at radius 2 is 1.77 bits per heavy atom. The molecule has 0 spiro atoms. The first-order chi connectivity index (χ1) is 18.7. The van der Waals surface area contributed by atoms with Crippen LogP contribution in [-0.4, -0.2) is 63.9 Å². The quantitative estimate of drug-likeness (QED) is 0.370. The summed E-state index contributed by atoms with van der Waals surface area (Å²) in [5, 5.41) is 1.00. The number of nitrogens with zero attached hydrogens (tertiary/aromatic N) is 2. The van der Waals surface area contributed by atoms with Crippen LogP contribution in [0.25, 0.3) is 10.9 Å². The first kappa shape index (κ1) is 28.3. The van der Waals surface area contributed by atoms with Crippen LogP contribution in [0, 0.1) is 11.6 Å². The smallest absolute Gasteiger partial charge is 0.410 e. The Morgan fingerprint density at radius 3 is 2.42 bits per heavy atom. The highest BCUT2D eigenvalue weighted by Crippen LogP contribution is 2.44. The predicted molar refractivity (Wildman–Crippen MR) is 148 cm³/mol. The van der Waals surface area contributed by atoms with Crippen molar-refractivity contribution in [2.75, 3.05) is 19.6 Å². The van der Waals surface area contributed by atoms with Gasteiger partial charge in [0, 0.05) is 59.8 Å². The van der Waals surface area contributed by atoms with Gasteiger partial charge in [-0.25, -0.2) is 18.0 Å². The van der Waals surface area contributed by atoms with Gasteiger partial charge in [0.25, 0.3) is 0 Å². The van der Waals surface area contributed by atoms with Gasteiger partial charge in [-0.3, -0.25) is 4.90 Å². The number of nitrogens with one attached hydrogen (secondary N) is 1. The molecule has 1 fully saturated rings. The number of likely N-dealkylation sites (tertiary alicyclic amines) is 1. The van der Waals surface area contributed by atoms with Gasteiger partial charge < -0.3 is 19.4 Å². The van der Waals surface area contributed by atoms with Crippen molar-refractivity contribution in [3.63, 3.8) is 0 Å². The second kappa shape index (κ2) is 10.3. The number of aromatic amines is 1. The van der Waals surface area contributed by atoms with Crippen molar-refractivity contribution >= 4 is 17.0 Å². The zero-order valence-corrected chi connectivity index (χ0v) is 24.0. The first-order valence-corrected chi connectivity index (χ1v) is 13.9. The molecule has 1 saturated heterocycles. The third-order valence-electron chi connectivity index (χ3n) is 7.50. The third-order valence-corrected chi connectivity index (χ3v) is 7.50. The molecule has 40 heavy (non-hydrogen) atoms.